The van der Waals surface area contributed by atoms with Crippen molar-refractivity contribution in [2.75, 3.05) is 5.32 Å². The van der Waals surface area contributed by atoms with E-state index in [-0.39, 0.29) is 6.10 Å². The number of pyridine rings is 1. The quantitative estimate of drug-likeness (QED) is 0.829. The molecule has 0 amide bonds. The lowest BCUT2D eigenvalue weighted by molar-refractivity contribution is 0.242. The summed E-state index contributed by atoms with van der Waals surface area (Å²) in [7, 11) is 0. The highest BCUT2D eigenvalue weighted by atomic mass is 32.1. The Balaban J connectivity index is 1.87. The van der Waals surface area contributed by atoms with E-state index in [1.807, 2.05) is 56.4 Å². The number of hydrogen-bond acceptors (Lipinski definition) is 3. The number of ether oxygens (including phenoxy) is 1. The lowest BCUT2D eigenvalue weighted by Crippen LogP contribution is -2.27. The Kier molecular flexibility index (Phi) is 5.51. The summed E-state index contributed by atoms with van der Waals surface area (Å²) in [5, 5.41) is 6.86. The Morgan fingerprint density at radius 3 is 2.86 bits per heavy atom. The molecule has 0 fully saturated rings. The molecule has 0 radical (unpaired) electrons. The Bertz CT molecular complexity index is 587. The number of rotatable bonds is 5. The van der Waals surface area contributed by atoms with Crippen molar-refractivity contribution in [3.05, 3.63) is 54.4 Å². The highest BCUT2D eigenvalue weighted by Gasteiger charge is 2.01. The van der Waals surface area contributed by atoms with Crippen molar-refractivity contribution in [2.45, 2.75) is 26.5 Å². The van der Waals surface area contributed by atoms with Gasteiger partial charge in [-0.05, 0) is 49.8 Å². The van der Waals surface area contributed by atoms with Gasteiger partial charge in [0.15, 0.2) is 5.11 Å². The maximum absolute atomic E-state index is 5.65. The zero-order chi connectivity index (χ0) is 15.1. The van der Waals surface area contributed by atoms with Gasteiger partial charge in [-0.2, -0.15) is 0 Å². The first-order chi connectivity index (χ1) is 10.1. The predicted octanol–water partition coefficient (Wildman–Crippen LogP) is 3.36. The molecule has 0 atom stereocenters. The van der Waals surface area contributed by atoms with Crippen LogP contribution < -0.4 is 15.4 Å². The minimum atomic E-state index is 0.149. The van der Waals surface area contributed by atoms with Crippen LogP contribution in [0.1, 0.15) is 19.4 Å². The summed E-state index contributed by atoms with van der Waals surface area (Å²) in [6.07, 6.45) is 3.71. The summed E-state index contributed by atoms with van der Waals surface area (Å²) < 4.78 is 5.65. The van der Waals surface area contributed by atoms with Crippen molar-refractivity contribution in [2.24, 2.45) is 0 Å². The Labute approximate surface area is 130 Å². The highest BCUT2D eigenvalue weighted by molar-refractivity contribution is 7.80. The second kappa shape index (κ2) is 7.59. The highest BCUT2D eigenvalue weighted by Crippen LogP contribution is 2.18. The number of benzene rings is 1. The SMILES string of the molecule is CC(C)Oc1cccc(NC(=S)NCc2cccnc2)c1. The van der Waals surface area contributed by atoms with Crippen molar-refractivity contribution >= 4 is 23.0 Å². The van der Waals surface area contributed by atoms with Crippen LogP contribution in [-0.2, 0) is 6.54 Å². The zero-order valence-electron chi connectivity index (χ0n) is 12.2. The van der Waals surface area contributed by atoms with E-state index in [0.29, 0.717) is 11.7 Å². The molecule has 0 spiro atoms. The largest absolute Gasteiger partial charge is 0.491 e. The molecule has 1 aromatic heterocycles. The third-order valence-corrected chi connectivity index (χ3v) is 2.89. The van der Waals surface area contributed by atoms with Crippen LogP contribution >= 0.6 is 12.2 Å². The van der Waals surface area contributed by atoms with E-state index in [9.17, 15) is 0 Å². The topological polar surface area (TPSA) is 46.2 Å². The van der Waals surface area contributed by atoms with E-state index in [1.54, 1.807) is 6.20 Å². The van der Waals surface area contributed by atoms with E-state index in [4.69, 9.17) is 17.0 Å². The summed E-state index contributed by atoms with van der Waals surface area (Å²) in [6.45, 7) is 4.64. The van der Waals surface area contributed by atoms with Crippen LogP contribution in [0.5, 0.6) is 5.75 Å². The second-order valence-corrected chi connectivity index (χ2v) is 5.27. The lowest BCUT2D eigenvalue weighted by atomic mass is 10.3. The van der Waals surface area contributed by atoms with Crippen molar-refractivity contribution in [1.82, 2.24) is 10.3 Å². The third-order valence-electron chi connectivity index (χ3n) is 2.64. The van der Waals surface area contributed by atoms with Gasteiger partial charge in [0.2, 0.25) is 0 Å². The van der Waals surface area contributed by atoms with E-state index < -0.39 is 0 Å². The van der Waals surface area contributed by atoms with Crippen LogP contribution in [0.25, 0.3) is 0 Å². The molecule has 2 rings (SSSR count). The molecule has 0 saturated carbocycles. The second-order valence-electron chi connectivity index (χ2n) is 4.86. The summed E-state index contributed by atoms with van der Waals surface area (Å²) in [5.74, 6) is 0.824. The molecule has 2 aromatic rings. The van der Waals surface area contributed by atoms with Gasteiger partial charge in [0.05, 0.1) is 6.10 Å². The number of nitrogens with zero attached hydrogens (tertiary/aromatic N) is 1. The van der Waals surface area contributed by atoms with Crippen molar-refractivity contribution in [3.63, 3.8) is 0 Å². The number of thiocarbonyl (C=S) groups is 1. The standard InChI is InChI=1S/C16H19N3OS/c1-12(2)20-15-7-3-6-14(9-15)19-16(21)18-11-13-5-4-8-17-10-13/h3-10,12H,11H2,1-2H3,(H2,18,19,21). The molecule has 0 saturated heterocycles. The molecule has 110 valence electrons. The normalized spacial score (nSPS) is 10.2. The van der Waals surface area contributed by atoms with E-state index in [2.05, 4.69) is 15.6 Å². The van der Waals surface area contributed by atoms with E-state index in [0.717, 1.165) is 17.0 Å². The van der Waals surface area contributed by atoms with Crippen LogP contribution in [-0.4, -0.2) is 16.2 Å². The predicted molar refractivity (Wildman–Crippen MR) is 89.5 cm³/mol. The molecule has 2 N–H and O–H groups in total. The van der Waals surface area contributed by atoms with Gasteiger partial charge in [-0.15, -0.1) is 0 Å². The van der Waals surface area contributed by atoms with Gasteiger partial charge < -0.3 is 15.4 Å². The fraction of sp³-hybridized carbons (Fsp3) is 0.250. The number of nitrogens with one attached hydrogen (secondary N) is 2. The first kappa shape index (κ1) is 15.3. The molecule has 0 bridgehead atoms. The van der Waals surface area contributed by atoms with E-state index in [1.165, 1.54) is 0 Å². The molecule has 1 aromatic carbocycles. The maximum Gasteiger partial charge on any atom is 0.171 e. The Hall–Kier alpha value is -2.14. The molecule has 5 heteroatoms. The smallest absolute Gasteiger partial charge is 0.171 e. The van der Waals surface area contributed by atoms with Crippen LogP contribution in [0, 0.1) is 0 Å². The van der Waals surface area contributed by atoms with Gasteiger partial charge >= 0.3 is 0 Å². The van der Waals surface area contributed by atoms with Gasteiger partial charge in [-0.3, -0.25) is 4.98 Å². The lowest BCUT2D eigenvalue weighted by Gasteiger charge is -2.13. The van der Waals surface area contributed by atoms with Gasteiger partial charge in [0.1, 0.15) is 5.75 Å². The summed E-state index contributed by atoms with van der Waals surface area (Å²) >= 11 is 5.28. The minimum absolute atomic E-state index is 0.149. The molecule has 1 heterocycles. The number of anilines is 1. The van der Waals surface area contributed by atoms with Crippen LogP contribution in [0.3, 0.4) is 0 Å². The van der Waals surface area contributed by atoms with Crippen LogP contribution in [0.2, 0.25) is 0 Å². The van der Waals surface area contributed by atoms with Crippen molar-refractivity contribution in [3.8, 4) is 5.75 Å². The van der Waals surface area contributed by atoms with Crippen LogP contribution in [0.4, 0.5) is 5.69 Å². The molecule has 21 heavy (non-hydrogen) atoms. The van der Waals surface area contributed by atoms with Gasteiger partial charge in [0, 0.05) is 30.7 Å². The van der Waals surface area contributed by atoms with Gasteiger partial charge in [-0.1, -0.05) is 12.1 Å². The fourth-order valence-corrected chi connectivity index (χ4v) is 1.97. The number of aromatic nitrogens is 1. The monoisotopic (exact) mass is 301 g/mol. The molecular formula is C16H19N3OS. The van der Waals surface area contributed by atoms with E-state index >= 15 is 0 Å². The third kappa shape index (κ3) is 5.39. The van der Waals surface area contributed by atoms with Crippen LogP contribution in [0.15, 0.2) is 48.8 Å². The number of hydrogen-bond donors (Lipinski definition) is 2. The molecule has 0 aliphatic carbocycles. The molecule has 0 unspecified atom stereocenters. The average Bonchev–Trinajstić information content (AvgIpc) is 2.46. The zero-order valence-corrected chi connectivity index (χ0v) is 13.0. The van der Waals surface area contributed by atoms with Crippen molar-refractivity contribution < 1.29 is 4.74 Å². The molecule has 0 aliphatic rings. The maximum atomic E-state index is 5.65. The Morgan fingerprint density at radius 2 is 2.14 bits per heavy atom. The molecular weight excluding hydrogens is 282 g/mol. The summed E-state index contributed by atoms with van der Waals surface area (Å²) in [5.41, 5.74) is 1.98. The fourth-order valence-electron chi connectivity index (χ4n) is 1.78. The summed E-state index contributed by atoms with van der Waals surface area (Å²) in [6, 6.07) is 11.6. The van der Waals surface area contributed by atoms with Gasteiger partial charge in [-0.25, -0.2) is 0 Å². The first-order valence-corrected chi connectivity index (χ1v) is 7.25. The first-order valence-electron chi connectivity index (χ1n) is 6.84. The van der Waals surface area contributed by atoms with Gasteiger partial charge in [0.25, 0.3) is 0 Å². The minimum Gasteiger partial charge on any atom is -0.491 e. The average molecular weight is 301 g/mol. The Morgan fingerprint density at radius 1 is 1.29 bits per heavy atom. The van der Waals surface area contributed by atoms with Crippen molar-refractivity contribution in [1.29, 1.82) is 0 Å². The summed E-state index contributed by atoms with van der Waals surface area (Å²) in [4.78, 5) is 4.07. The molecule has 4 nitrogen and oxygen atoms in total. The molecule has 0 aliphatic heterocycles.